The molecule has 28 heavy (non-hydrogen) atoms. The first-order valence-electron chi connectivity index (χ1n) is 10.2. The number of nitrogens with one attached hydrogen (secondary N) is 1. The second-order valence-electron chi connectivity index (χ2n) is 8.40. The molecule has 1 aromatic carbocycles. The molecular weight excluding hydrogens is 368 g/mol. The Morgan fingerprint density at radius 1 is 1.29 bits per heavy atom. The van der Waals surface area contributed by atoms with E-state index in [1.54, 1.807) is 18.4 Å². The van der Waals surface area contributed by atoms with E-state index in [4.69, 9.17) is 0 Å². The number of nitrogens with zero attached hydrogens (tertiary/aromatic N) is 1. The summed E-state index contributed by atoms with van der Waals surface area (Å²) in [6, 6.07) is 12.7. The van der Waals surface area contributed by atoms with Crippen LogP contribution in [0.5, 0.6) is 0 Å². The predicted molar refractivity (Wildman–Crippen MR) is 113 cm³/mol. The van der Waals surface area contributed by atoms with E-state index >= 15 is 0 Å². The van der Waals surface area contributed by atoms with Gasteiger partial charge in [0.2, 0.25) is 11.8 Å². The Morgan fingerprint density at radius 2 is 2.11 bits per heavy atom. The van der Waals surface area contributed by atoms with Gasteiger partial charge in [-0.2, -0.15) is 0 Å². The van der Waals surface area contributed by atoms with Gasteiger partial charge < -0.3 is 10.2 Å². The highest BCUT2D eigenvalue weighted by molar-refractivity contribution is 7.13. The van der Waals surface area contributed by atoms with Crippen LogP contribution in [0.2, 0.25) is 0 Å². The van der Waals surface area contributed by atoms with E-state index in [0.29, 0.717) is 18.9 Å². The summed E-state index contributed by atoms with van der Waals surface area (Å²) < 4.78 is 0. The van der Waals surface area contributed by atoms with Gasteiger partial charge in [0.05, 0.1) is 5.41 Å². The van der Waals surface area contributed by atoms with Gasteiger partial charge in [0.15, 0.2) is 0 Å². The van der Waals surface area contributed by atoms with E-state index in [2.05, 4.69) is 54.0 Å². The highest BCUT2D eigenvalue weighted by atomic mass is 32.1. The van der Waals surface area contributed by atoms with Crippen LogP contribution in [0, 0.1) is 17.3 Å². The number of rotatable bonds is 5. The number of carbonyl (C=O) groups is 2. The minimum absolute atomic E-state index is 0.0513. The lowest BCUT2D eigenvalue weighted by atomic mass is 9.74. The first-order valence-corrected chi connectivity index (χ1v) is 11.0. The summed E-state index contributed by atoms with van der Waals surface area (Å²) in [4.78, 5) is 29.0. The summed E-state index contributed by atoms with van der Waals surface area (Å²) in [5.41, 5.74) is 1.80. The fraction of sp³-hybridized carbons (Fsp3) is 0.478. The van der Waals surface area contributed by atoms with Crippen molar-refractivity contribution in [2.24, 2.45) is 17.3 Å². The number of carbonyl (C=O) groups excluding carboxylic acids is 2. The molecule has 4 nitrogen and oxygen atoms in total. The number of amides is 2. The number of thiophene rings is 1. The second kappa shape index (κ2) is 7.70. The Hall–Kier alpha value is -2.14. The van der Waals surface area contributed by atoms with Gasteiger partial charge in [0.1, 0.15) is 0 Å². The highest BCUT2D eigenvalue weighted by Gasteiger charge is 2.47. The molecule has 2 heterocycles. The predicted octanol–water partition coefficient (Wildman–Crippen LogP) is 3.97. The second-order valence-corrected chi connectivity index (χ2v) is 9.34. The number of benzene rings is 1. The molecule has 0 radical (unpaired) electrons. The molecule has 148 valence electrons. The Balaban J connectivity index is 1.58. The highest BCUT2D eigenvalue weighted by Crippen LogP contribution is 2.42. The van der Waals surface area contributed by atoms with Crippen LogP contribution in [0.1, 0.15) is 31.7 Å². The summed E-state index contributed by atoms with van der Waals surface area (Å²) in [5.74, 6) is 0.956. The van der Waals surface area contributed by atoms with Crippen molar-refractivity contribution in [3.63, 3.8) is 0 Å². The molecule has 1 saturated carbocycles. The standard InChI is InChI=1S/C23H28N2O2S/c1-16-12-19(16)21(26)25-10-5-9-23(15-25,22(27)24-2)14-17-6-3-7-18(13-17)20-8-4-11-28-20/h3-4,6-8,11,13,16,19H,5,9-10,12,14-15H2,1-2H3,(H,24,27)/t16-,19-,23-/m0/s1. The molecule has 2 amide bonds. The maximum absolute atomic E-state index is 13.0. The summed E-state index contributed by atoms with van der Waals surface area (Å²) in [5, 5.41) is 4.96. The zero-order valence-electron chi connectivity index (χ0n) is 16.6. The molecule has 2 aromatic rings. The molecule has 1 aliphatic heterocycles. The molecule has 2 aliphatic rings. The van der Waals surface area contributed by atoms with Crippen molar-refractivity contribution in [3.8, 4) is 10.4 Å². The van der Waals surface area contributed by atoms with Crippen LogP contribution in [0.4, 0.5) is 0 Å². The van der Waals surface area contributed by atoms with E-state index in [9.17, 15) is 9.59 Å². The topological polar surface area (TPSA) is 49.4 Å². The number of hydrogen-bond acceptors (Lipinski definition) is 3. The van der Waals surface area contributed by atoms with Crippen molar-refractivity contribution < 1.29 is 9.59 Å². The van der Waals surface area contributed by atoms with Crippen LogP contribution < -0.4 is 5.32 Å². The van der Waals surface area contributed by atoms with E-state index in [1.807, 2.05) is 4.90 Å². The number of likely N-dealkylation sites (tertiary alicyclic amines) is 1. The Kier molecular flexibility index (Phi) is 5.28. The van der Waals surface area contributed by atoms with Crippen molar-refractivity contribution in [2.75, 3.05) is 20.1 Å². The molecule has 0 spiro atoms. The lowest BCUT2D eigenvalue weighted by molar-refractivity contribution is -0.142. The third-order valence-corrected chi connectivity index (χ3v) is 7.22. The van der Waals surface area contributed by atoms with Gasteiger partial charge in [-0.15, -0.1) is 11.3 Å². The van der Waals surface area contributed by atoms with Crippen LogP contribution in [-0.2, 0) is 16.0 Å². The van der Waals surface area contributed by atoms with Crippen molar-refractivity contribution in [3.05, 3.63) is 47.3 Å². The van der Waals surface area contributed by atoms with Crippen molar-refractivity contribution >= 4 is 23.2 Å². The van der Waals surface area contributed by atoms with Gasteiger partial charge in [-0.05, 0) is 54.2 Å². The summed E-state index contributed by atoms with van der Waals surface area (Å²) >= 11 is 1.72. The van der Waals surface area contributed by atoms with Gasteiger partial charge in [0, 0.05) is 30.9 Å². The number of hydrogen-bond donors (Lipinski definition) is 1. The van der Waals surface area contributed by atoms with Gasteiger partial charge in [0.25, 0.3) is 0 Å². The van der Waals surface area contributed by atoms with Crippen LogP contribution in [0.15, 0.2) is 41.8 Å². The zero-order valence-corrected chi connectivity index (χ0v) is 17.4. The summed E-state index contributed by atoms with van der Waals surface area (Å²) in [6.45, 7) is 3.43. The normalized spacial score (nSPS) is 26.7. The van der Waals surface area contributed by atoms with Crippen molar-refractivity contribution in [1.82, 2.24) is 10.2 Å². The molecule has 0 unspecified atom stereocenters. The van der Waals surface area contributed by atoms with Crippen LogP contribution in [0.3, 0.4) is 0 Å². The first-order chi connectivity index (χ1) is 13.5. The first kappa shape index (κ1) is 19.2. The van der Waals surface area contributed by atoms with Crippen molar-refractivity contribution in [1.29, 1.82) is 0 Å². The van der Waals surface area contributed by atoms with Crippen LogP contribution in [0.25, 0.3) is 10.4 Å². The van der Waals surface area contributed by atoms with Gasteiger partial charge in [-0.3, -0.25) is 9.59 Å². The summed E-state index contributed by atoms with van der Waals surface area (Å²) in [7, 11) is 1.70. The average Bonchev–Trinajstić information content (AvgIpc) is 3.20. The minimum Gasteiger partial charge on any atom is -0.359 e. The maximum Gasteiger partial charge on any atom is 0.228 e. The molecule has 2 fully saturated rings. The molecule has 1 aromatic heterocycles. The molecule has 1 N–H and O–H groups in total. The maximum atomic E-state index is 13.0. The smallest absolute Gasteiger partial charge is 0.228 e. The van der Waals surface area contributed by atoms with Gasteiger partial charge in [-0.25, -0.2) is 0 Å². The fourth-order valence-corrected chi connectivity index (χ4v) is 5.29. The Morgan fingerprint density at radius 3 is 2.79 bits per heavy atom. The van der Waals surface area contributed by atoms with E-state index < -0.39 is 5.41 Å². The largest absolute Gasteiger partial charge is 0.359 e. The van der Waals surface area contributed by atoms with E-state index in [0.717, 1.165) is 31.4 Å². The lowest BCUT2D eigenvalue weighted by Crippen LogP contribution is -2.54. The Bertz CT molecular complexity index is 863. The van der Waals surface area contributed by atoms with E-state index in [1.165, 1.54) is 10.4 Å². The van der Waals surface area contributed by atoms with Crippen LogP contribution in [-0.4, -0.2) is 36.9 Å². The third kappa shape index (κ3) is 3.72. The van der Waals surface area contributed by atoms with Gasteiger partial charge >= 0.3 is 0 Å². The molecule has 0 bridgehead atoms. The zero-order chi connectivity index (χ0) is 19.7. The fourth-order valence-electron chi connectivity index (χ4n) is 4.56. The SMILES string of the molecule is CNC(=O)[C@]1(Cc2cccc(-c3cccs3)c2)CCCN(C(=O)[C@H]2C[C@@H]2C)C1. The molecule has 3 atom stereocenters. The van der Waals surface area contributed by atoms with Crippen molar-refractivity contribution in [2.45, 2.75) is 32.6 Å². The van der Waals surface area contributed by atoms with Crippen LogP contribution >= 0.6 is 11.3 Å². The quantitative estimate of drug-likeness (QED) is 0.831. The molecule has 5 heteroatoms. The monoisotopic (exact) mass is 396 g/mol. The minimum atomic E-state index is -0.547. The molecular formula is C23H28N2O2S. The lowest BCUT2D eigenvalue weighted by Gasteiger charge is -2.42. The average molecular weight is 397 g/mol. The molecule has 4 rings (SSSR count). The molecule has 1 saturated heterocycles. The van der Waals surface area contributed by atoms with E-state index in [-0.39, 0.29) is 17.7 Å². The summed E-state index contributed by atoms with van der Waals surface area (Å²) in [6.07, 6.45) is 3.35. The third-order valence-electron chi connectivity index (χ3n) is 6.30. The number of piperidine rings is 1. The molecule has 1 aliphatic carbocycles. The Labute approximate surface area is 170 Å². The van der Waals surface area contributed by atoms with Gasteiger partial charge in [-0.1, -0.05) is 37.3 Å².